The van der Waals surface area contributed by atoms with Gasteiger partial charge < -0.3 is 16.4 Å². The first-order chi connectivity index (χ1) is 10.2. The molecule has 0 unspecified atom stereocenters. The van der Waals surface area contributed by atoms with Crippen molar-refractivity contribution < 1.29 is 18.0 Å². The predicted octanol–water partition coefficient (Wildman–Crippen LogP) is -0.191. The number of hydrogen-bond donors (Lipinski definition) is 4. The maximum absolute atomic E-state index is 11.9. The van der Waals surface area contributed by atoms with E-state index in [0.29, 0.717) is 5.69 Å². The third-order valence-corrected chi connectivity index (χ3v) is 4.15. The molecule has 0 fully saturated rings. The molecule has 10 heteroatoms. The van der Waals surface area contributed by atoms with E-state index in [2.05, 4.69) is 15.4 Å². The van der Waals surface area contributed by atoms with Crippen LogP contribution in [0.3, 0.4) is 0 Å². The summed E-state index contributed by atoms with van der Waals surface area (Å²) in [6.45, 7) is 3.05. The maximum Gasteiger partial charge on any atom is 0.243 e. The Labute approximate surface area is 141 Å². The van der Waals surface area contributed by atoms with Gasteiger partial charge in [-0.15, -0.1) is 12.4 Å². The van der Waals surface area contributed by atoms with Gasteiger partial charge in [-0.05, 0) is 38.1 Å². The normalized spacial score (nSPS) is 10.8. The molecule has 1 aromatic rings. The molecular weight excluding hydrogens is 344 g/mol. The van der Waals surface area contributed by atoms with E-state index in [0.717, 1.165) is 0 Å². The van der Waals surface area contributed by atoms with Crippen LogP contribution in [0.1, 0.15) is 13.8 Å². The number of rotatable bonds is 7. The lowest BCUT2D eigenvalue weighted by Crippen LogP contribution is -2.36. The van der Waals surface area contributed by atoms with Crippen LogP contribution < -0.4 is 21.1 Å². The van der Waals surface area contributed by atoms with Crippen molar-refractivity contribution in [2.75, 3.05) is 18.4 Å². The van der Waals surface area contributed by atoms with Gasteiger partial charge in [0.1, 0.15) is 0 Å². The zero-order valence-corrected chi connectivity index (χ0v) is 14.5. The van der Waals surface area contributed by atoms with Gasteiger partial charge >= 0.3 is 0 Å². The van der Waals surface area contributed by atoms with Crippen LogP contribution in [0.4, 0.5) is 5.69 Å². The second kappa shape index (κ2) is 9.46. The smallest absolute Gasteiger partial charge is 0.243 e. The summed E-state index contributed by atoms with van der Waals surface area (Å²) in [6, 6.07) is 5.50. The second-order valence-corrected chi connectivity index (χ2v) is 6.54. The van der Waals surface area contributed by atoms with Crippen LogP contribution in [0.2, 0.25) is 0 Å². The molecule has 23 heavy (non-hydrogen) atoms. The molecule has 0 radical (unpaired) electrons. The van der Waals surface area contributed by atoms with Crippen molar-refractivity contribution in [1.29, 1.82) is 0 Å². The molecule has 2 amide bonds. The van der Waals surface area contributed by atoms with Crippen LogP contribution in [0.5, 0.6) is 0 Å². The minimum Gasteiger partial charge on any atom is -0.346 e. The van der Waals surface area contributed by atoms with Crippen LogP contribution in [0, 0.1) is 0 Å². The fourth-order valence-electron chi connectivity index (χ4n) is 1.55. The highest BCUT2D eigenvalue weighted by Crippen LogP contribution is 2.14. The van der Waals surface area contributed by atoms with Crippen LogP contribution in [0.25, 0.3) is 0 Å². The molecule has 5 N–H and O–H groups in total. The molecule has 0 aromatic heterocycles. The first kappa shape index (κ1) is 21.3. The monoisotopic (exact) mass is 364 g/mol. The molecule has 0 atom stereocenters. The fraction of sp³-hybridized carbons (Fsp3) is 0.385. The first-order valence-electron chi connectivity index (χ1n) is 6.63. The van der Waals surface area contributed by atoms with Gasteiger partial charge in [0.15, 0.2) is 0 Å². The third-order valence-electron chi connectivity index (χ3n) is 2.47. The lowest BCUT2D eigenvalue weighted by atomic mass is 10.3. The molecule has 1 rings (SSSR count). The summed E-state index contributed by atoms with van der Waals surface area (Å²) < 4.78 is 26.3. The van der Waals surface area contributed by atoms with Crippen LogP contribution >= 0.6 is 12.4 Å². The molecule has 0 saturated carbocycles. The van der Waals surface area contributed by atoms with Gasteiger partial charge in [-0.2, -0.15) is 0 Å². The predicted molar refractivity (Wildman–Crippen MR) is 89.8 cm³/mol. The highest BCUT2D eigenvalue weighted by atomic mass is 35.5. The van der Waals surface area contributed by atoms with E-state index >= 15 is 0 Å². The number of anilines is 1. The molecule has 8 nitrogen and oxygen atoms in total. The molecule has 0 aliphatic heterocycles. The van der Waals surface area contributed by atoms with Crippen molar-refractivity contribution in [2.45, 2.75) is 24.8 Å². The largest absolute Gasteiger partial charge is 0.346 e. The Morgan fingerprint density at radius 1 is 1.13 bits per heavy atom. The van der Waals surface area contributed by atoms with Gasteiger partial charge in [0.25, 0.3) is 0 Å². The Balaban J connectivity index is 0.00000484. The average Bonchev–Trinajstić information content (AvgIpc) is 2.44. The number of nitrogens with two attached hydrogens (primary N) is 1. The van der Waals surface area contributed by atoms with Gasteiger partial charge in [-0.3, -0.25) is 9.59 Å². The van der Waals surface area contributed by atoms with Gasteiger partial charge in [0.2, 0.25) is 21.8 Å². The Morgan fingerprint density at radius 2 is 1.70 bits per heavy atom. The molecule has 0 aliphatic rings. The average molecular weight is 365 g/mol. The molecule has 0 aliphatic carbocycles. The highest BCUT2D eigenvalue weighted by Gasteiger charge is 2.15. The first-order valence-corrected chi connectivity index (χ1v) is 8.12. The fourth-order valence-corrected chi connectivity index (χ4v) is 2.80. The van der Waals surface area contributed by atoms with E-state index in [1.165, 1.54) is 24.3 Å². The molecule has 0 saturated heterocycles. The zero-order valence-electron chi connectivity index (χ0n) is 12.8. The number of amides is 2. The summed E-state index contributed by atoms with van der Waals surface area (Å²) in [7, 11) is -3.56. The lowest BCUT2D eigenvalue weighted by Gasteiger charge is -2.10. The van der Waals surface area contributed by atoms with E-state index in [1.54, 1.807) is 13.8 Å². The van der Waals surface area contributed by atoms with E-state index in [1.807, 2.05) is 0 Å². The molecule has 0 spiro atoms. The quantitative estimate of drug-likeness (QED) is 0.532. The summed E-state index contributed by atoms with van der Waals surface area (Å²) in [4.78, 5) is 22.6. The van der Waals surface area contributed by atoms with Crippen molar-refractivity contribution >= 4 is 39.9 Å². The topological polar surface area (TPSA) is 130 Å². The van der Waals surface area contributed by atoms with Gasteiger partial charge in [0.05, 0.1) is 18.0 Å². The molecule has 1 aromatic carbocycles. The number of halogens is 1. The number of sulfonamides is 1. The van der Waals surface area contributed by atoms with E-state index in [4.69, 9.17) is 5.73 Å². The Hall–Kier alpha value is -1.68. The number of nitrogens with one attached hydrogen (secondary N) is 3. The Bertz CT molecular complexity index is 632. The van der Waals surface area contributed by atoms with Crippen molar-refractivity contribution in [2.24, 2.45) is 5.73 Å². The van der Waals surface area contributed by atoms with E-state index in [9.17, 15) is 18.0 Å². The lowest BCUT2D eigenvalue weighted by molar-refractivity contribution is -0.123. The number of hydrogen-bond acceptors (Lipinski definition) is 5. The zero-order chi connectivity index (χ0) is 16.8. The minimum absolute atomic E-state index is 0. The highest BCUT2D eigenvalue weighted by molar-refractivity contribution is 7.89. The number of carbonyl (C=O) groups excluding carboxylic acids is 2. The Morgan fingerprint density at radius 3 is 2.17 bits per heavy atom. The van der Waals surface area contributed by atoms with Crippen molar-refractivity contribution in [3.63, 3.8) is 0 Å². The number of carbonyl (C=O) groups is 2. The van der Waals surface area contributed by atoms with Gasteiger partial charge in [-0.25, -0.2) is 13.1 Å². The summed E-state index contributed by atoms with van der Waals surface area (Å²) in [5.74, 6) is -0.867. The standard InChI is InChI=1S/C13H20N4O4S.ClH/c1-9(2)17-22(20,21)11-5-3-10(4-6-11)16-13(19)8-15-12(18)7-14;/h3-6,9,17H,7-8,14H2,1-2H3,(H,15,18)(H,16,19);1H. The van der Waals surface area contributed by atoms with Crippen LogP contribution in [-0.2, 0) is 19.6 Å². The molecule has 0 heterocycles. The molecule has 130 valence electrons. The van der Waals surface area contributed by atoms with Crippen molar-refractivity contribution in [1.82, 2.24) is 10.0 Å². The van der Waals surface area contributed by atoms with Gasteiger partial charge in [-0.1, -0.05) is 0 Å². The molecule has 0 bridgehead atoms. The minimum atomic E-state index is -3.56. The Kier molecular flexibility index (Phi) is 8.77. The van der Waals surface area contributed by atoms with Gasteiger partial charge in [0, 0.05) is 11.7 Å². The summed E-state index contributed by atoms with van der Waals surface area (Å²) in [6.07, 6.45) is 0. The SMILES string of the molecule is CC(C)NS(=O)(=O)c1ccc(NC(=O)CNC(=O)CN)cc1.Cl. The van der Waals surface area contributed by atoms with Crippen LogP contribution in [-0.4, -0.2) is 39.4 Å². The van der Waals surface area contributed by atoms with Crippen molar-refractivity contribution in [3.05, 3.63) is 24.3 Å². The third kappa shape index (κ3) is 7.42. The van der Waals surface area contributed by atoms with Crippen molar-refractivity contribution in [3.8, 4) is 0 Å². The maximum atomic E-state index is 11.9. The summed E-state index contributed by atoms with van der Waals surface area (Å²) in [5, 5.41) is 4.86. The molecular formula is C13H21ClN4O4S. The summed E-state index contributed by atoms with van der Waals surface area (Å²) in [5.41, 5.74) is 5.52. The van der Waals surface area contributed by atoms with E-state index < -0.39 is 21.8 Å². The summed E-state index contributed by atoms with van der Waals surface area (Å²) >= 11 is 0. The van der Waals surface area contributed by atoms with Crippen LogP contribution in [0.15, 0.2) is 29.2 Å². The van der Waals surface area contributed by atoms with E-state index in [-0.39, 0.29) is 36.4 Å². The second-order valence-electron chi connectivity index (χ2n) is 4.83. The number of benzene rings is 1.